The highest BCUT2D eigenvalue weighted by Crippen LogP contribution is 2.53. The van der Waals surface area contributed by atoms with Crippen LogP contribution in [0.1, 0.15) is 36.6 Å². The first-order valence-corrected chi connectivity index (χ1v) is 12.3. The van der Waals surface area contributed by atoms with Gasteiger partial charge in [-0.3, -0.25) is 5.10 Å². The molecule has 178 valence electrons. The molecule has 3 aliphatic rings. The Morgan fingerprint density at radius 1 is 1.21 bits per heavy atom. The second kappa shape index (κ2) is 7.71. The summed E-state index contributed by atoms with van der Waals surface area (Å²) in [7, 11) is -5.34. The molecule has 1 aliphatic carbocycles. The van der Waals surface area contributed by atoms with Crippen LogP contribution in [0.15, 0.2) is 35.5 Å². The minimum atomic E-state index is -5.34. The maximum atomic E-state index is 12.8. The number of hydrogen-bond donors (Lipinski definition) is 1. The summed E-state index contributed by atoms with van der Waals surface area (Å²) in [5.41, 5.74) is -4.64. The van der Waals surface area contributed by atoms with E-state index in [0.29, 0.717) is 38.2 Å². The largest absolute Gasteiger partial charge is 0.501 e. The van der Waals surface area contributed by atoms with Gasteiger partial charge in [0.25, 0.3) is 9.84 Å². The van der Waals surface area contributed by atoms with Crippen molar-refractivity contribution in [1.29, 1.82) is 0 Å². The van der Waals surface area contributed by atoms with Gasteiger partial charge in [0, 0.05) is 37.5 Å². The van der Waals surface area contributed by atoms with Crippen LogP contribution in [-0.2, 0) is 16.3 Å². The predicted molar refractivity (Wildman–Crippen MR) is 111 cm³/mol. The monoisotopic (exact) mass is 483 g/mol. The number of carbonyl (C=O) groups is 1. The topological polar surface area (TPSA) is 99.3 Å². The van der Waals surface area contributed by atoms with Gasteiger partial charge >= 0.3 is 11.5 Å². The first-order chi connectivity index (χ1) is 15.6. The fraction of sp³-hybridized carbons (Fsp3) is 0.571. The molecule has 1 aromatic heterocycles. The average Bonchev–Trinajstić information content (AvgIpc) is 3.39. The second-order valence-electron chi connectivity index (χ2n) is 9.52. The zero-order valence-corrected chi connectivity index (χ0v) is 18.6. The first kappa shape index (κ1) is 22.2. The van der Waals surface area contributed by atoms with E-state index in [2.05, 4.69) is 15.2 Å². The van der Waals surface area contributed by atoms with E-state index in [1.807, 2.05) is 9.80 Å². The van der Waals surface area contributed by atoms with E-state index in [1.165, 1.54) is 12.4 Å². The number of H-pyrrole nitrogens is 1. The minimum Gasteiger partial charge on any atom is -0.324 e. The van der Waals surface area contributed by atoms with Crippen LogP contribution < -0.4 is 0 Å². The molecular weight excluding hydrogens is 459 g/mol. The van der Waals surface area contributed by atoms with Crippen molar-refractivity contribution < 1.29 is 26.4 Å². The standard InChI is InChI=1S/C21H24F3N5O3S/c22-21(23,24)33(31,32)17-3-1-2-14(7-17)6-15-8-20(9-15)11-29(12-20)19(30)28-5-4-16(10-28)18-25-13-26-27-18/h1-3,7,13,15-16H,4-6,8-12H2,(H,25,26,27)/t16-/m0/s1. The Morgan fingerprint density at radius 3 is 2.64 bits per heavy atom. The molecule has 5 rings (SSSR count). The van der Waals surface area contributed by atoms with Crippen LogP contribution in [0, 0.1) is 11.3 Å². The van der Waals surface area contributed by atoms with Gasteiger partial charge in [0.15, 0.2) is 0 Å². The van der Waals surface area contributed by atoms with E-state index in [0.717, 1.165) is 37.2 Å². The summed E-state index contributed by atoms with van der Waals surface area (Å²) in [4.78, 5) is 20.0. The SMILES string of the molecule is O=C(N1CC[C@H](c2ncn[nH]2)C1)N1CC2(CC(Cc3cccc(S(=O)(=O)C(F)(F)F)c3)C2)C1. The molecule has 0 radical (unpaired) electrons. The van der Waals surface area contributed by atoms with Gasteiger partial charge in [-0.15, -0.1) is 0 Å². The zero-order chi connectivity index (χ0) is 23.4. The number of aromatic nitrogens is 3. The number of urea groups is 1. The van der Waals surface area contributed by atoms with Gasteiger partial charge < -0.3 is 9.80 Å². The molecule has 1 aromatic carbocycles. The summed E-state index contributed by atoms with van der Waals surface area (Å²) in [6.45, 7) is 2.69. The molecule has 33 heavy (non-hydrogen) atoms. The molecule has 1 N–H and O–H groups in total. The number of hydrogen-bond acceptors (Lipinski definition) is 5. The second-order valence-corrected chi connectivity index (χ2v) is 11.5. The van der Waals surface area contributed by atoms with E-state index in [1.54, 1.807) is 6.07 Å². The Balaban J connectivity index is 1.12. The molecule has 0 unspecified atom stereocenters. The van der Waals surface area contributed by atoms with E-state index in [9.17, 15) is 26.4 Å². The lowest BCUT2D eigenvalue weighted by Crippen LogP contribution is -2.65. The maximum absolute atomic E-state index is 12.8. The van der Waals surface area contributed by atoms with Gasteiger partial charge in [0.1, 0.15) is 12.2 Å². The van der Waals surface area contributed by atoms with Crippen LogP contribution in [0.25, 0.3) is 0 Å². The molecule has 2 amide bonds. The summed E-state index contributed by atoms with van der Waals surface area (Å²) in [6, 6.07) is 5.16. The maximum Gasteiger partial charge on any atom is 0.501 e. The van der Waals surface area contributed by atoms with Crippen LogP contribution >= 0.6 is 0 Å². The summed E-state index contributed by atoms with van der Waals surface area (Å²) in [5, 5.41) is 6.74. The first-order valence-electron chi connectivity index (χ1n) is 10.9. The fourth-order valence-corrected chi connectivity index (χ4v) is 6.37. The molecular formula is C21H24F3N5O3S. The quantitative estimate of drug-likeness (QED) is 0.721. The van der Waals surface area contributed by atoms with Gasteiger partial charge in [-0.05, 0) is 49.3 Å². The van der Waals surface area contributed by atoms with Crippen LogP contribution in [0.3, 0.4) is 0 Å². The highest BCUT2D eigenvalue weighted by Gasteiger charge is 2.54. The highest BCUT2D eigenvalue weighted by atomic mass is 32.2. The van der Waals surface area contributed by atoms with Crippen LogP contribution in [-0.4, -0.2) is 71.1 Å². The lowest BCUT2D eigenvalue weighted by Gasteiger charge is -2.59. The van der Waals surface area contributed by atoms with Crippen molar-refractivity contribution in [3.05, 3.63) is 42.0 Å². The smallest absolute Gasteiger partial charge is 0.324 e. The number of alkyl halides is 3. The van der Waals surface area contributed by atoms with Crippen molar-refractivity contribution >= 4 is 15.9 Å². The average molecular weight is 484 g/mol. The van der Waals surface area contributed by atoms with Crippen molar-refractivity contribution in [3.63, 3.8) is 0 Å². The number of halogens is 3. The zero-order valence-electron chi connectivity index (χ0n) is 17.8. The summed E-state index contributed by atoms with van der Waals surface area (Å²) in [6.07, 6.45) is 4.62. The highest BCUT2D eigenvalue weighted by molar-refractivity contribution is 7.92. The molecule has 3 heterocycles. The van der Waals surface area contributed by atoms with Crippen molar-refractivity contribution in [2.75, 3.05) is 26.2 Å². The molecule has 2 aliphatic heterocycles. The lowest BCUT2D eigenvalue weighted by atomic mass is 9.56. The fourth-order valence-electron chi connectivity index (χ4n) is 5.54. The van der Waals surface area contributed by atoms with Gasteiger partial charge in [0.2, 0.25) is 0 Å². The van der Waals surface area contributed by atoms with Crippen LogP contribution in [0.2, 0.25) is 0 Å². The van der Waals surface area contributed by atoms with E-state index in [4.69, 9.17) is 0 Å². The van der Waals surface area contributed by atoms with Gasteiger partial charge in [-0.1, -0.05) is 12.1 Å². The third kappa shape index (κ3) is 3.98. The van der Waals surface area contributed by atoms with E-state index >= 15 is 0 Å². The Morgan fingerprint density at radius 2 is 1.97 bits per heavy atom. The number of nitrogens with zero attached hydrogens (tertiary/aromatic N) is 4. The lowest BCUT2D eigenvalue weighted by molar-refractivity contribution is -0.0754. The Labute approximate surface area is 189 Å². The third-order valence-corrected chi connectivity index (χ3v) is 8.57. The van der Waals surface area contributed by atoms with Crippen LogP contribution in [0.5, 0.6) is 0 Å². The molecule has 1 saturated carbocycles. The number of sulfone groups is 1. The molecule has 8 nitrogen and oxygen atoms in total. The van der Waals surface area contributed by atoms with Crippen molar-refractivity contribution in [1.82, 2.24) is 25.0 Å². The molecule has 2 saturated heterocycles. The molecule has 2 aromatic rings. The predicted octanol–water partition coefficient (Wildman–Crippen LogP) is 2.96. The molecule has 0 bridgehead atoms. The Hall–Kier alpha value is -2.63. The molecule has 1 atom stereocenters. The van der Waals surface area contributed by atoms with Crippen molar-refractivity contribution in [3.8, 4) is 0 Å². The van der Waals surface area contributed by atoms with Gasteiger partial charge in [0.05, 0.1) is 4.90 Å². The normalized spacial score (nSPS) is 22.9. The number of aromatic amines is 1. The molecule has 3 fully saturated rings. The Bertz CT molecular complexity index is 1140. The van der Waals surface area contributed by atoms with Crippen LogP contribution in [0.4, 0.5) is 18.0 Å². The molecule has 12 heteroatoms. The summed E-state index contributed by atoms with van der Waals surface area (Å²) in [5.74, 6) is 1.25. The number of carbonyl (C=O) groups excluding carboxylic acids is 1. The number of benzene rings is 1. The number of likely N-dealkylation sites (tertiary alicyclic amines) is 2. The molecule has 1 spiro atoms. The Kier molecular flexibility index (Phi) is 5.18. The van der Waals surface area contributed by atoms with Gasteiger partial charge in [-0.25, -0.2) is 18.2 Å². The third-order valence-electron chi connectivity index (χ3n) is 7.08. The summed E-state index contributed by atoms with van der Waals surface area (Å²) >= 11 is 0. The van der Waals surface area contributed by atoms with Gasteiger partial charge in [-0.2, -0.15) is 18.3 Å². The summed E-state index contributed by atoms with van der Waals surface area (Å²) < 4.78 is 61.8. The minimum absolute atomic E-state index is 0.0381. The van der Waals surface area contributed by atoms with Crippen molar-refractivity contribution in [2.24, 2.45) is 11.3 Å². The van der Waals surface area contributed by atoms with Crippen molar-refractivity contribution in [2.45, 2.75) is 42.0 Å². The van der Waals surface area contributed by atoms with E-state index < -0.39 is 20.2 Å². The van der Waals surface area contributed by atoms with E-state index in [-0.39, 0.29) is 23.3 Å². The number of nitrogens with one attached hydrogen (secondary N) is 1. The number of amides is 2. The number of rotatable bonds is 4.